The van der Waals surface area contributed by atoms with Crippen LogP contribution in [0.25, 0.3) is 43.1 Å². The number of carbonyl (C=O) groups excluding carboxylic acids is 2. The van der Waals surface area contributed by atoms with Crippen LogP contribution in [0.3, 0.4) is 0 Å². The molecule has 0 atom stereocenters. The van der Waals surface area contributed by atoms with E-state index in [0.717, 1.165) is 58.0 Å². The van der Waals surface area contributed by atoms with Crippen molar-refractivity contribution in [3.05, 3.63) is 70.8 Å². The molecule has 5 rings (SSSR count). The quantitative estimate of drug-likeness (QED) is 0.0949. The second-order valence-electron chi connectivity index (χ2n) is 9.35. The normalized spacial score (nSPS) is 11.2. The molecule has 0 aliphatic carbocycles. The van der Waals surface area contributed by atoms with Gasteiger partial charge in [0, 0.05) is 10.8 Å². The smallest absolute Gasteiger partial charge is 0.338 e. The van der Waals surface area contributed by atoms with Gasteiger partial charge >= 0.3 is 11.9 Å². The molecule has 0 aliphatic rings. The average Bonchev–Trinajstić information content (AvgIpc) is 2.95. The monoisotopic (exact) mass is 502 g/mol. The molecule has 0 saturated heterocycles. The van der Waals surface area contributed by atoms with Crippen molar-refractivity contribution in [3.63, 3.8) is 0 Å². The van der Waals surface area contributed by atoms with Crippen LogP contribution in [0.5, 0.6) is 0 Å². The highest BCUT2D eigenvalue weighted by Crippen LogP contribution is 2.44. The molecule has 38 heavy (non-hydrogen) atoms. The molecule has 0 fully saturated rings. The highest BCUT2D eigenvalue weighted by Gasteiger charge is 2.24. The van der Waals surface area contributed by atoms with Crippen LogP contribution >= 0.6 is 0 Å². The number of nitriles is 2. The summed E-state index contributed by atoms with van der Waals surface area (Å²) in [6, 6.07) is 18.8. The lowest BCUT2D eigenvalue weighted by atomic mass is 9.84. The molecule has 0 aromatic heterocycles. The Kier molecular flexibility index (Phi) is 6.81. The van der Waals surface area contributed by atoms with Gasteiger partial charge < -0.3 is 9.47 Å². The zero-order valence-electron chi connectivity index (χ0n) is 21.4. The number of carbonyl (C=O) groups is 2. The first-order chi connectivity index (χ1) is 18.5. The minimum absolute atomic E-state index is 0.316. The first-order valence-electron chi connectivity index (χ1n) is 12.9. The van der Waals surface area contributed by atoms with E-state index in [-0.39, 0.29) is 0 Å². The number of hydrogen-bond acceptors (Lipinski definition) is 6. The number of unbranched alkanes of at least 4 members (excludes halogenated alkanes) is 2. The van der Waals surface area contributed by atoms with Crippen LogP contribution in [0.2, 0.25) is 0 Å². The minimum atomic E-state index is -0.459. The lowest BCUT2D eigenvalue weighted by molar-refractivity contribution is 0.0492. The number of esters is 2. The van der Waals surface area contributed by atoms with E-state index in [2.05, 4.69) is 12.1 Å². The van der Waals surface area contributed by atoms with Crippen molar-refractivity contribution >= 4 is 55.0 Å². The molecule has 0 saturated carbocycles. The zero-order chi connectivity index (χ0) is 26.8. The van der Waals surface area contributed by atoms with Gasteiger partial charge in [-0.1, -0.05) is 51.0 Å². The average molecular weight is 503 g/mol. The van der Waals surface area contributed by atoms with E-state index in [1.807, 2.05) is 38.1 Å². The van der Waals surface area contributed by atoms with Gasteiger partial charge in [-0.25, -0.2) is 9.59 Å². The maximum atomic E-state index is 13.1. The molecule has 5 aromatic carbocycles. The molecule has 0 bridgehead atoms. The van der Waals surface area contributed by atoms with Crippen LogP contribution in [0, 0.1) is 22.7 Å². The third-order valence-corrected chi connectivity index (χ3v) is 7.04. The van der Waals surface area contributed by atoms with E-state index < -0.39 is 11.9 Å². The number of hydrogen-bond donors (Lipinski definition) is 0. The van der Waals surface area contributed by atoms with Gasteiger partial charge in [0.1, 0.15) is 0 Å². The molecule has 0 unspecified atom stereocenters. The van der Waals surface area contributed by atoms with Crippen LogP contribution in [-0.4, -0.2) is 25.2 Å². The third-order valence-electron chi connectivity index (χ3n) is 7.04. The number of rotatable bonds is 8. The predicted octanol–water partition coefficient (Wildman–Crippen LogP) is 7.39. The summed E-state index contributed by atoms with van der Waals surface area (Å²) >= 11 is 0. The topological polar surface area (TPSA) is 100 Å². The molecular formula is C32H26N2O4. The Bertz CT molecular complexity index is 1650. The second kappa shape index (κ2) is 10.4. The van der Waals surface area contributed by atoms with Gasteiger partial charge in [-0.15, -0.1) is 0 Å². The Hall–Kier alpha value is -4.68. The van der Waals surface area contributed by atoms with Gasteiger partial charge in [0.2, 0.25) is 0 Å². The molecule has 6 nitrogen and oxygen atoms in total. The molecule has 188 valence electrons. The standard InChI is InChI=1S/C32H26N2O4/c1-3-5-15-37-31(35)25-13-11-23-22-10-8-20(18-34)28-26(32(36)38-16-6-4-2)14-12-24(30(22)28)21-9-7-19(17-33)27(25)29(21)23/h7-14H,3-6,15-16H2,1-2H3. The molecule has 0 spiro atoms. The van der Waals surface area contributed by atoms with Gasteiger partial charge in [-0.3, -0.25) is 0 Å². The van der Waals surface area contributed by atoms with E-state index in [0.29, 0.717) is 46.2 Å². The number of fused-ring (bicyclic) bond motifs is 2. The van der Waals surface area contributed by atoms with Gasteiger partial charge in [0.15, 0.2) is 0 Å². The summed E-state index contributed by atoms with van der Waals surface area (Å²) in [5.41, 5.74) is 1.47. The molecule has 5 aromatic rings. The van der Waals surface area contributed by atoms with E-state index in [4.69, 9.17) is 9.47 Å². The highest BCUT2D eigenvalue weighted by molar-refractivity contribution is 6.36. The Labute approximate surface area is 220 Å². The van der Waals surface area contributed by atoms with Crippen molar-refractivity contribution in [3.8, 4) is 12.1 Å². The lowest BCUT2D eigenvalue weighted by Crippen LogP contribution is -2.09. The summed E-state index contributed by atoms with van der Waals surface area (Å²) in [5, 5.41) is 25.9. The first-order valence-corrected chi connectivity index (χ1v) is 12.9. The van der Waals surface area contributed by atoms with Crippen LogP contribution in [0.4, 0.5) is 0 Å². The molecule has 6 heteroatoms. The summed E-state index contributed by atoms with van der Waals surface area (Å²) < 4.78 is 11.0. The van der Waals surface area contributed by atoms with Crippen molar-refractivity contribution in [1.82, 2.24) is 0 Å². The van der Waals surface area contributed by atoms with E-state index >= 15 is 0 Å². The Morgan fingerprint density at radius 3 is 1.32 bits per heavy atom. The molecule has 0 heterocycles. The zero-order valence-corrected chi connectivity index (χ0v) is 21.4. The van der Waals surface area contributed by atoms with Gasteiger partial charge in [-0.05, 0) is 69.4 Å². The van der Waals surface area contributed by atoms with Crippen molar-refractivity contribution in [2.75, 3.05) is 13.2 Å². The summed E-state index contributed by atoms with van der Waals surface area (Å²) in [4.78, 5) is 26.1. The molecule has 0 radical (unpaired) electrons. The first kappa shape index (κ1) is 25.0. The third kappa shape index (κ3) is 3.96. The van der Waals surface area contributed by atoms with Gasteiger partial charge in [0.25, 0.3) is 0 Å². The SMILES string of the molecule is CCCCOC(=O)c1ccc2c3ccc(C#N)c4c(C(=O)OCCCC)ccc(c5ccc(C#N)c1c52)c43. The van der Waals surface area contributed by atoms with Crippen LogP contribution < -0.4 is 0 Å². The minimum Gasteiger partial charge on any atom is -0.462 e. The molecular weight excluding hydrogens is 476 g/mol. The molecule has 0 amide bonds. The Balaban J connectivity index is 1.85. The maximum absolute atomic E-state index is 13.1. The number of ether oxygens (including phenoxy) is 2. The predicted molar refractivity (Wildman–Crippen MR) is 147 cm³/mol. The van der Waals surface area contributed by atoms with Gasteiger partial charge in [0.05, 0.1) is 47.6 Å². The number of nitrogens with zero attached hydrogens (tertiary/aromatic N) is 2. The van der Waals surface area contributed by atoms with E-state index in [1.165, 1.54) is 0 Å². The van der Waals surface area contributed by atoms with Crippen molar-refractivity contribution in [2.24, 2.45) is 0 Å². The van der Waals surface area contributed by atoms with E-state index in [9.17, 15) is 20.1 Å². The number of benzene rings is 5. The Morgan fingerprint density at radius 2 is 0.974 bits per heavy atom. The van der Waals surface area contributed by atoms with Gasteiger partial charge in [-0.2, -0.15) is 10.5 Å². The van der Waals surface area contributed by atoms with E-state index in [1.54, 1.807) is 24.3 Å². The lowest BCUT2D eigenvalue weighted by Gasteiger charge is -2.18. The fourth-order valence-electron chi connectivity index (χ4n) is 5.19. The second-order valence-corrected chi connectivity index (χ2v) is 9.35. The fraction of sp³-hybridized carbons (Fsp3) is 0.250. The molecule has 0 N–H and O–H groups in total. The fourth-order valence-corrected chi connectivity index (χ4v) is 5.19. The van der Waals surface area contributed by atoms with Crippen molar-refractivity contribution in [2.45, 2.75) is 39.5 Å². The summed E-state index contributed by atoms with van der Waals surface area (Å²) in [6.45, 7) is 4.68. The Morgan fingerprint density at radius 1 is 0.605 bits per heavy atom. The van der Waals surface area contributed by atoms with Crippen LogP contribution in [-0.2, 0) is 9.47 Å². The van der Waals surface area contributed by atoms with Crippen molar-refractivity contribution < 1.29 is 19.1 Å². The van der Waals surface area contributed by atoms with Crippen LogP contribution in [0.1, 0.15) is 71.4 Å². The van der Waals surface area contributed by atoms with Crippen molar-refractivity contribution in [1.29, 1.82) is 10.5 Å². The largest absolute Gasteiger partial charge is 0.462 e. The summed E-state index contributed by atoms with van der Waals surface area (Å²) in [5.74, 6) is -0.917. The van der Waals surface area contributed by atoms with Crippen LogP contribution in [0.15, 0.2) is 48.5 Å². The maximum Gasteiger partial charge on any atom is 0.338 e. The summed E-state index contributed by atoms with van der Waals surface area (Å²) in [6.07, 6.45) is 3.33. The summed E-state index contributed by atoms with van der Waals surface area (Å²) in [7, 11) is 0. The highest BCUT2D eigenvalue weighted by atomic mass is 16.5. The molecule has 0 aliphatic heterocycles.